The molecule has 0 aromatic heterocycles. The van der Waals surface area contributed by atoms with Crippen molar-refractivity contribution in [1.29, 1.82) is 0 Å². The molecule has 5 nitrogen and oxygen atoms in total. The van der Waals surface area contributed by atoms with Gasteiger partial charge in [-0.05, 0) is 66.6 Å². The Balaban J connectivity index is 1.71. The van der Waals surface area contributed by atoms with Crippen LogP contribution in [0.1, 0.15) is 28.4 Å². The lowest BCUT2D eigenvalue weighted by molar-refractivity contribution is 0.0955. The molecule has 0 unspecified atom stereocenters. The molecule has 0 aliphatic heterocycles. The molecule has 1 amide bonds. The first-order valence-corrected chi connectivity index (χ1v) is 10.9. The van der Waals surface area contributed by atoms with Crippen molar-refractivity contribution in [3.05, 3.63) is 91.9 Å². The molecular formula is C23H19BrCl2N2O3. The van der Waals surface area contributed by atoms with Crippen LogP contribution < -0.4 is 14.9 Å². The van der Waals surface area contributed by atoms with Crippen LogP contribution in [0.25, 0.3) is 0 Å². The SMILES string of the molecule is CCOc1cc(/C=N\NC(=O)c2ccc(Cl)cc2)cc(Cl)c1OCc1ccc(Br)cc1. The summed E-state index contributed by atoms with van der Waals surface area (Å²) in [5.41, 5.74) is 4.57. The molecule has 0 radical (unpaired) electrons. The van der Waals surface area contributed by atoms with E-state index in [1.165, 1.54) is 6.21 Å². The van der Waals surface area contributed by atoms with Crippen molar-refractivity contribution in [3.63, 3.8) is 0 Å². The van der Waals surface area contributed by atoms with Crippen LogP contribution in [0.15, 0.2) is 70.2 Å². The number of carbonyl (C=O) groups excluding carboxylic acids is 1. The zero-order chi connectivity index (χ0) is 22.2. The first-order valence-electron chi connectivity index (χ1n) is 9.39. The normalized spacial score (nSPS) is 10.8. The summed E-state index contributed by atoms with van der Waals surface area (Å²) in [4.78, 5) is 12.1. The molecular weight excluding hydrogens is 503 g/mol. The highest BCUT2D eigenvalue weighted by atomic mass is 79.9. The fourth-order valence-electron chi connectivity index (χ4n) is 2.63. The molecule has 0 spiro atoms. The van der Waals surface area contributed by atoms with Gasteiger partial charge in [0.15, 0.2) is 11.5 Å². The van der Waals surface area contributed by atoms with Gasteiger partial charge in [-0.2, -0.15) is 5.10 Å². The minimum atomic E-state index is -0.349. The second-order valence-electron chi connectivity index (χ2n) is 6.38. The van der Waals surface area contributed by atoms with E-state index in [4.69, 9.17) is 32.7 Å². The molecule has 3 rings (SSSR count). The highest BCUT2D eigenvalue weighted by Gasteiger charge is 2.13. The standard InChI is InChI=1S/C23H19BrCl2N2O3/c1-2-30-21-12-16(13-27-28-23(29)17-5-9-19(25)10-6-17)11-20(26)22(21)31-14-15-3-7-18(24)8-4-15/h3-13H,2,14H2,1H3,(H,28,29)/b27-13-. The van der Waals surface area contributed by atoms with Crippen LogP contribution in [0, 0.1) is 0 Å². The maximum Gasteiger partial charge on any atom is 0.271 e. The Bertz CT molecular complexity index is 1070. The molecule has 0 bridgehead atoms. The molecule has 1 N–H and O–H groups in total. The summed E-state index contributed by atoms with van der Waals surface area (Å²) in [5.74, 6) is 0.602. The molecule has 0 saturated carbocycles. The fourth-order valence-corrected chi connectivity index (χ4v) is 3.30. The van der Waals surface area contributed by atoms with Crippen molar-refractivity contribution in [2.45, 2.75) is 13.5 Å². The largest absolute Gasteiger partial charge is 0.490 e. The zero-order valence-electron chi connectivity index (χ0n) is 16.6. The number of hydrogen-bond donors (Lipinski definition) is 1. The van der Waals surface area contributed by atoms with Gasteiger partial charge in [0, 0.05) is 15.1 Å². The monoisotopic (exact) mass is 520 g/mol. The highest BCUT2D eigenvalue weighted by molar-refractivity contribution is 9.10. The van der Waals surface area contributed by atoms with Crippen LogP contribution in [0.5, 0.6) is 11.5 Å². The number of amides is 1. The van der Waals surface area contributed by atoms with Gasteiger partial charge in [-0.1, -0.05) is 51.3 Å². The van der Waals surface area contributed by atoms with E-state index in [0.29, 0.717) is 45.9 Å². The third kappa shape index (κ3) is 6.72. The van der Waals surface area contributed by atoms with Gasteiger partial charge in [-0.25, -0.2) is 5.43 Å². The smallest absolute Gasteiger partial charge is 0.271 e. The van der Waals surface area contributed by atoms with Crippen molar-refractivity contribution < 1.29 is 14.3 Å². The number of hydrazone groups is 1. The molecule has 0 aliphatic carbocycles. The van der Waals surface area contributed by atoms with Crippen LogP contribution in [0.4, 0.5) is 0 Å². The molecule has 0 atom stereocenters. The number of nitrogens with zero attached hydrogens (tertiary/aromatic N) is 1. The summed E-state index contributed by atoms with van der Waals surface area (Å²) in [6.07, 6.45) is 1.49. The minimum absolute atomic E-state index is 0.345. The third-order valence-electron chi connectivity index (χ3n) is 4.11. The van der Waals surface area contributed by atoms with Crippen molar-refractivity contribution in [1.82, 2.24) is 5.43 Å². The van der Waals surface area contributed by atoms with Crippen LogP contribution in [-0.2, 0) is 6.61 Å². The first kappa shape index (κ1) is 23.1. The Labute approximate surface area is 199 Å². The third-order valence-corrected chi connectivity index (χ3v) is 5.18. The van der Waals surface area contributed by atoms with Crippen molar-refractivity contribution in [2.24, 2.45) is 5.10 Å². The zero-order valence-corrected chi connectivity index (χ0v) is 19.7. The Morgan fingerprint density at radius 3 is 2.45 bits per heavy atom. The maximum absolute atomic E-state index is 12.1. The van der Waals surface area contributed by atoms with E-state index in [2.05, 4.69) is 26.5 Å². The number of ether oxygens (including phenoxy) is 2. The van der Waals surface area contributed by atoms with Gasteiger partial charge >= 0.3 is 0 Å². The lowest BCUT2D eigenvalue weighted by Gasteiger charge is -2.14. The maximum atomic E-state index is 12.1. The summed E-state index contributed by atoms with van der Waals surface area (Å²) in [6, 6.07) is 17.8. The quantitative estimate of drug-likeness (QED) is 0.272. The Morgan fingerprint density at radius 1 is 1.06 bits per heavy atom. The van der Waals surface area contributed by atoms with Crippen LogP contribution in [0.3, 0.4) is 0 Å². The van der Waals surface area contributed by atoms with E-state index in [9.17, 15) is 4.79 Å². The highest BCUT2D eigenvalue weighted by Crippen LogP contribution is 2.37. The van der Waals surface area contributed by atoms with Gasteiger partial charge < -0.3 is 9.47 Å². The number of rotatable bonds is 8. The molecule has 0 fully saturated rings. The molecule has 160 valence electrons. The lowest BCUT2D eigenvalue weighted by atomic mass is 10.2. The van der Waals surface area contributed by atoms with Gasteiger partial charge in [0.05, 0.1) is 17.8 Å². The number of hydrogen-bond acceptors (Lipinski definition) is 4. The molecule has 8 heteroatoms. The summed E-state index contributed by atoms with van der Waals surface area (Å²) in [5, 5.41) is 4.94. The van der Waals surface area contributed by atoms with Crippen LogP contribution in [-0.4, -0.2) is 18.7 Å². The van der Waals surface area contributed by atoms with Gasteiger partial charge in [-0.15, -0.1) is 0 Å². The van der Waals surface area contributed by atoms with Gasteiger partial charge in [0.2, 0.25) is 0 Å². The molecule has 0 heterocycles. The Kier molecular flexibility index (Phi) is 8.35. The summed E-state index contributed by atoms with van der Waals surface area (Å²) in [6.45, 7) is 2.66. The van der Waals surface area contributed by atoms with Crippen molar-refractivity contribution in [2.75, 3.05) is 6.61 Å². The Hall–Kier alpha value is -2.54. The predicted octanol–water partition coefficient (Wildman–Crippen LogP) is 6.50. The van der Waals surface area contributed by atoms with Gasteiger partial charge in [0.1, 0.15) is 6.61 Å². The van der Waals surface area contributed by atoms with Crippen LogP contribution in [0.2, 0.25) is 10.0 Å². The average molecular weight is 522 g/mol. The number of carbonyl (C=O) groups is 1. The topological polar surface area (TPSA) is 59.9 Å². The Morgan fingerprint density at radius 2 is 1.77 bits per heavy atom. The predicted molar refractivity (Wildman–Crippen MR) is 128 cm³/mol. The van der Waals surface area contributed by atoms with E-state index in [1.807, 2.05) is 31.2 Å². The van der Waals surface area contributed by atoms with Gasteiger partial charge in [0.25, 0.3) is 5.91 Å². The second kappa shape index (κ2) is 11.2. The van der Waals surface area contributed by atoms with E-state index in [1.54, 1.807) is 36.4 Å². The molecule has 3 aromatic carbocycles. The average Bonchev–Trinajstić information content (AvgIpc) is 2.75. The van der Waals surface area contributed by atoms with Crippen molar-refractivity contribution in [3.8, 4) is 11.5 Å². The van der Waals surface area contributed by atoms with Crippen LogP contribution >= 0.6 is 39.1 Å². The minimum Gasteiger partial charge on any atom is -0.490 e. The summed E-state index contributed by atoms with van der Waals surface area (Å²) >= 11 is 15.7. The molecule has 0 saturated heterocycles. The first-order chi connectivity index (χ1) is 15.0. The number of nitrogens with one attached hydrogen (secondary N) is 1. The second-order valence-corrected chi connectivity index (χ2v) is 8.14. The number of halogens is 3. The van der Waals surface area contributed by atoms with E-state index in [-0.39, 0.29) is 5.91 Å². The number of benzene rings is 3. The summed E-state index contributed by atoms with van der Waals surface area (Å²) < 4.78 is 12.6. The molecule has 0 aliphatic rings. The van der Waals surface area contributed by atoms with E-state index < -0.39 is 0 Å². The summed E-state index contributed by atoms with van der Waals surface area (Å²) in [7, 11) is 0. The van der Waals surface area contributed by atoms with Gasteiger partial charge in [-0.3, -0.25) is 4.79 Å². The fraction of sp³-hybridized carbons (Fsp3) is 0.130. The van der Waals surface area contributed by atoms with E-state index >= 15 is 0 Å². The lowest BCUT2D eigenvalue weighted by Crippen LogP contribution is -2.17. The van der Waals surface area contributed by atoms with Crippen molar-refractivity contribution >= 4 is 51.3 Å². The molecule has 31 heavy (non-hydrogen) atoms. The molecule has 3 aromatic rings. The van der Waals surface area contributed by atoms with E-state index in [0.717, 1.165) is 10.0 Å².